The molecule has 1 unspecified atom stereocenters. The predicted octanol–water partition coefficient (Wildman–Crippen LogP) is 2.39. The van der Waals surface area contributed by atoms with Crippen molar-refractivity contribution in [1.82, 2.24) is 0 Å². The van der Waals surface area contributed by atoms with Gasteiger partial charge in [0.15, 0.2) is 17.5 Å². The van der Waals surface area contributed by atoms with Crippen molar-refractivity contribution in [2.24, 2.45) is 0 Å². The summed E-state index contributed by atoms with van der Waals surface area (Å²) in [5, 5.41) is 43.5. The molecule has 0 fully saturated rings. The second-order valence-electron chi connectivity index (χ2n) is 5.69. The first-order valence-corrected chi connectivity index (χ1v) is 7.24. The van der Waals surface area contributed by atoms with E-state index in [0.717, 1.165) is 5.56 Å². The molecule has 26 heavy (non-hydrogen) atoms. The van der Waals surface area contributed by atoms with Gasteiger partial charge in [-0.1, -0.05) is 23.8 Å². The summed E-state index contributed by atoms with van der Waals surface area (Å²) < 4.78 is 5.51. The zero-order valence-electron chi connectivity index (χ0n) is 14.0. The normalized spacial score (nSPS) is 17.0. The molecule has 1 N–H and O–H groups in total. The van der Waals surface area contributed by atoms with Crippen molar-refractivity contribution >= 4 is 0 Å². The van der Waals surface area contributed by atoms with Crippen molar-refractivity contribution in [1.29, 1.82) is 0 Å². The third-order valence-corrected chi connectivity index (χ3v) is 3.73. The number of aryl methyl sites for hydroxylation is 3. The van der Waals surface area contributed by atoms with E-state index in [9.17, 15) is 35.4 Å². The summed E-state index contributed by atoms with van der Waals surface area (Å²) in [4.78, 5) is 30.3. The quantitative estimate of drug-likeness (QED) is 0.473. The Morgan fingerprint density at radius 3 is 2.00 bits per heavy atom. The monoisotopic (exact) mass is 364 g/mol. The highest BCUT2D eigenvalue weighted by atomic mass is 16.6. The maximum absolute atomic E-state index is 11.3. The van der Waals surface area contributed by atoms with Gasteiger partial charge in [0.1, 0.15) is 5.75 Å². The van der Waals surface area contributed by atoms with E-state index in [1.807, 2.05) is 6.92 Å². The van der Waals surface area contributed by atoms with Crippen LogP contribution in [0.15, 0.2) is 35.4 Å². The van der Waals surface area contributed by atoms with Crippen molar-refractivity contribution in [3.05, 3.63) is 88.4 Å². The topological polar surface area (TPSA) is 159 Å². The van der Waals surface area contributed by atoms with Crippen molar-refractivity contribution in [3.8, 4) is 5.75 Å². The molecule has 0 spiro atoms. The fourth-order valence-electron chi connectivity index (χ4n) is 2.74. The molecular formula is C15H14N3O8-. The lowest BCUT2D eigenvalue weighted by Gasteiger charge is -2.28. The number of nitrogens with zero attached hydrogens (tertiary/aromatic N) is 3. The third-order valence-electron chi connectivity index (χ3n) is 3.73. The Kier molecular flexibility index (Phi) is 4.82. The standard InChI is InChI=1S/C15H14N3O8/c1-7-4-8(2)14(9(3)5-7)26-15-11(17(22)23)6-10(16(20)21)13(19)12(15)18(24)25/h4-6,15,19H,1-3H3/q-1. The van der Waals surface area contributed by atoms with Crippen LogP contribution in [0.1, 0.15) is 16.7 Å². The zero-order valence-corrected chi connectivity index (χ0v) is 14.0. The van der Waals surface area contributed by atoms with Crippen LogP contribution < -0.4 is 4.74 Å². The molecule has 0 heterocycles. The number of nitro groups is 3. The Labute approximate surface area is 146 Å². The second-order valence-corrected chi connectivity index (χ2v) is 5.69. The molecule has 0 amide bonds. The van der Waals surface area contributed by atoms with E-state index in [-0.39, 0.29) is 5.75 Å². The number of hydrogen-bond donors (Lipinski definition) is 1. The summed E-state index contributed by atoms with van der Waals surface area (Å²) in [5.74, 6) is -1.12. The molecule has 138 valence electrons. The lowest BCUT2D eigenvalue weighted by Crippen LogP contribution is -2.39. The number of ether oxygens (including phenoxy) is 1. The molecule has 0 saturated heterocycles. The van der Waals surface area contributed by atoms with Gasteiger partial charge < -0.3 is 9.84 Å². The van der Waals surface area contributed by atoms with Gasteiger partial charge in [-0.3, -0.25) is 30.3 Å². The number of hydrogen-bond acceptors (Lipinski definition) is 8. The van der Waals surface area contributed by atoms with Crippen LogP contribution in [0.2, 0.25) is 0 Å². The predicted molar refractivity (Wildman–Crippen MR) is 87.0 cm³/mol. The van der Waals surface area contributed by atoms with E-state index in [0.29, 0.717) is 17.2 Å². The van der Waals surface area contributed by atoms with Gasteiger partial charge in [0.05, 0.1) is 4.92 Å². The van der Waals surface area contributed by atoms with Crippen molar-refractivity contribution < 1.29 is 24.6 Å². The maximum Gasteiger partial charge on any atom is 0.309 e. The Balaban J connectivity index is 2.63. The van der Waals surface area contributed by atoms with Crippen LogP contribution in [0.3, 0.4) is 0 Å². The van der Waals surface area contributed by atoms with Crippen molar-refractivity contribution in [2.75, 3.05) is 0 Å². The van der Waals surface area contributed by atoms with Gasteiger partial charge in [-0.15, -0.1) is 0 Å². The van der Waals surface area contributed by atoms with Crippen molar-refractivity contribution in [2.45, 2.75) is 26.9 Å². The van der Waals surface area contributed by atoms with E-state index in [1.54, 1.807) is 26.0 Å². The minimum absolute atomic E-state index is 0.157. The first-order valence-electron chi connectivity index (χ1n) is 7.24. The fraction of sp³-hybridized carbons (Fsp3) is 0.267. The van der Waals surface area contributed by atoms with Gasteiger partial charge in [0.2, 0.25) is 6.10 Å². The first-order chi connectivity index (χ1) is 12.0. The van der Waals surface area contributed by atoms with E-state index < -0.39 is 44.1 Å². The summed E-state index contributed by atoms with van der Waals surface area (Å²) in [5.41, 5.74) is -0.281. The summed E-state index contributed by atoms with van der Waals surface area (Å²) in [6.45, 7) is 5.12. The lowest BCUT2D eigenvalue weighted by atomic mass is 9.98. The summed E-state index contributed by atoms with van der Waals surface area (Å²) >= 11 is 0. The van der Waals surface area contributed by atoms with Crippen LogP contribution >= 0.6 is 0 Å². The molecule has 11 heteroatoms. The largest absolute Gasteiger partial charge is 0.514 e. The Bertz CT molecular complexity index is 851. The highest BCUT2D eigenvalue weighted by Gasteiger charge is 2.45. The number of rotatable bonds is 5. The van der Waals surface area contributed by atoms with E-state index >= 15 is 0 Å². The Morgan fingerprint density at radius 2 is 1.58 bits per heavy atom. The number of aliphatic hydroxyl groups excluding tert-OH is 1. The molecule has 0 bridgehead atoms. The Hall–Kier alpha value is -3.63. The number of aliphatic hydroxyl groups is 1. The van der Waals surface area contributed by atoms with E-state index in [2.05, 4.69) is 0 Å². The molecule has 0 radical (unpaired) electrons. The molecule has 0 aromatic heterocycles. The SMILES string of the molecule is Cc1cc(C)c(OC2C([N+](=O)[O-])=C(O)C([N+](=O)[O-])=C[C-]2[N+](=O)[O-])c(C)c1. The molecule has 1 aromatic rings. The van der Waals surface area contributed by atoms with Crippen molar-refractivity contribution in [3.63, 3.8) is 0 Å². The maximum atomic E-state index is 11.3. The summed E-state index contributed by atoms with van der Waals surface area (Å²) in [6.07, 6.45) is -1.45. The van der Waals surface area contributed by atoms with Gasteiger partial charge in [0, 0.05) is 0 Å². The van der Waals surface area contributed by atoms with Gasteiger partial charge in [0.25, 0.3) is 0 Å². The summed E-state index contributed by atoms with van der Waals surface area (Å²) in [7, 11) is 0. The molecule has 2 rings (SSSR count). The van der Waals surface area contributed by atoms with Crippen LogP contribution in [0, 0.1) is 57.2 Å². The van der Waals surface area contributed by atoms with Crippen LogP contribution in [0.5, 0.6) is 5.75 Å². The van der Waals surface area contributed by atoms with Gasteiger partial charge >= 0.3 is 5.70 Å². The van der Waals surface area contributed by atoms with Gasteiger partial charge in [-0.25, -0.2) is 0 Å². The minimum Gasteiger partial charge on any atom is -0.514 e. The van der Waals surface area contributed by atoms with Gasteiger partial charge in [-0.2, -0.15) is 0 Å². The molecular weight excluding hydrogens is 350 g/mol. The molecule has 0 aliphatic heterocycles. The van der Waals surface area contributed by atoms with E-state index in [1.165, 1.54) is 0 Å². The zero-order chi connectivity index (χ0) is 19.8. The number of benzene rings is 1. The van der Waals surface area contributed by atoms with Crippen LogP contribution in [0.25, 0.3) is 0 Å². The fourth-order valence-corrected chi connectivity index (χ4v) is 2.74. The van der Waals surface area contributed by atoms with Crippen LogP contribution in [-0.4, -0.2) is 26.0 Å². The smallest absolute Gasteiger partial charge is 0.309 e. The second kappa shape index (κ2) is 6.70. The first kappa shape index (κ1) is 18.7. The molecule has 1 aliphatic carbocycles. The molecule has 1 atom stereocenters. The molecule has 11 nitrogen and oxygen atoms in total. The molecule has 1 aromatic carbocycles. The van der Waals surface area contributed by atoms with E-state index in [4.69, 9.17) is 4.74 Å². The van der Waals surface area contributed by atoms with Crippen LogP contribution in [-0.2, 0) is 0 Å². The average molecular weight is 364 g/mol. The Morgan fingerprint density at radius 1 is 1.04 bits per heavy atom. The minimum atomic E-state index is -1.91. The third kappa shape index (κ3) is 3.27. The summed E-state index contributed by atoms with van der Waals surface area (Å²) in [6, 6.07) is 2.51. The highest BCUT2D eigenvalue weighted by molar-refractivity contribution is 5.45. The molecule has 0 saturated carbocycles. The average Bonchev–Trinajstić information content (AvgIpc) is 2.49. The molecule has 1 aliphatic rings. The van der Waals surface area contributed by atoms with Gasteiger partial charge in [-0.05, 0) is 41.7 Å². The van der Waals surface area contributed by atoms with Crippen LogP contribution in [0.4, 0.5) is 0 Å². The lowest BCUT2D eigenvalue weighted by molar-refractivity contribution is -0.491. The highest BCUT2D eigenvalue weighted by Crippen LogP contribution is 2.35.